The number of hydrogen-bond acceptors (Lipinski definition) is 2. The van der Waals surface area contributed by atoms with E-state index in [4.69, 9.17) is 4.74 Å². The van der Waals surface area contributed by atoms with Crippen LogP contribution in [0.2, 0.25) is 0 Å². The van der Waals surface area contributed by atoms with Gasteiger partial charge in [-0.3, -0.25) is 4.79 Å². The topological polar surface area (TPSA) is 26.3 Å². The summed E-state index contributed by atoms with van der Waals surface area (Å²) in [4.78, 5) is 12.7. The van der Waals surface area contributed by atoms with E-state index in [0.29, 0.717) is 17.3 Å². The lowest BCUT2D eigenvalue weighted by atomic mass is 9.47. The molecule has 0 aliphatic heterocycles. The first-order valence-corrected chi connectivity index (χ1v) is 18.6. The van der Waals surface area contributed by atoms with Gasteiger partial charge in [-0.05, 0) is 97.7 Å². The van der Waals surface area contributed by atoms with Crippen LogP contribution in [0.4, 0.5) is 0 Å². The second-order valence-corrected chi connectivity index (χ2v) is 16.2. The van der Waals surface area contributed by atoms with E-state index in [2.05, 4.69) is 47.6 Å². The van der Waals surface area contributed by atoms with Crippen LogP contribution in [0.5, 0.6) is 0 Å². The molecule has 4 aliphatic rings. The summed E-state index contributed by atoms with van der Waals surface area (Å²) in [6.07, 6.45) is 29.6. The van der Waals surface area contributed by atoms with Crippen molar-refractivity contribution in [2.24, 2.45) is 46.3 Å². The molecule has 0 aromatic carbocycles. The third-order valence-corrected chi connectivity index (χ3v) is 13.0. The van der Waals surface area contributed by atoms with E-state index in [9.17, 15) is 4.79 Å². The third kappa shape index (κ3) is 8.03. The van der Waals surface area contributed by atoms with Gasteiger partial charge in [0.2, 0.25) is 0 Å². The molecule has 0 bridgehead atoms. The van der Waals surface area contributed by atoms with E-state index in [0.717, 1.165) is 54.8 Å². The van der Waals surface area contributed by atoms with Gasteiger partial charge in [-0.2, -0.15) is 0 Å². The normalized spacial score (nSPS) is 35.4. The minimum absolute atomic E-state index is 0.0591. The van der Waals surface area contributed by atoms with Crippen LogP contribution in [0.1, 0.15) is 176 Å². The lowest BCUT2D eigenvalue weighted by Gasteiger charge is -2.58. The fraction of sp³-hybridized carbons (Fsp3) is 0.923. The molecule has 0 aromatic rings. The van der Waals surface area contributed by atoms with Gasteiger partial charge in [0.05, 0.1) is 0 Å². The number of carbonyl (C=O) groups excluding carboxylic acids is 1. The highest BCUT2D eigenvalue weighted by molar-refractivity contribution is 5.69. The van der Waals surface area contributed by atoms with Crippen LogP contribution in [0.3, 0.4) is 0 Å². The van der Waals surface area contributed by atoms with E-state index in [1.807, 2.05) is 0 Å². The van der Waals surface area contributed by atoms with Crippen LogP contribution in [0.15, 0.2) is 11.6 Å². The molecule has 6 unspecified atom stereocenters. The predicted molar refractivity (Wildman–Crippen MR) is 175 cm³/mol. The molecule has 0 amide bonds. The first-order chi connectivity index (χ1) is 19.7. The average molecular weight is 569 g/mol. The largest absolute Gasteiger partial charge is 0.462 e. The van der Waals surface area contributed by atoms with E-state index < -0.39 is 0 Å². The summed E-state index contributed by atoms with van der Waals surface area (Å²) < 4.78 is 6.09. The van der Waals surface area contributed by atoms with Crippen molar-refractivity contribution in [3.8, 4) is 0 Å². The van der Waals surface area contributed by atoms with Gasteiger partial charge < -0.3 is 4.74 Å². The van der Waals surface area contributed by atoms with Crippen LogP contribution < -0.4 is 0 Å². The van der Waals surface area contributed by atoms with Crippen molar-refractivity contribution in [3.05, 3.63) is 11.6 Å². The molecule has 236 valence electrons. The number of unbranched alkanes of at least 4 members (excludes halogenated alkanes) is 8. The van der Waals surface area contributed by atoms with Gasteiger partial charge in [0.1, 0.15) is 6.10 Å². The fourth-order valence-electron chi connectivity index (χ4n) is 10.6. The highest BCUT2D eigenvalue weighted by Crippen LogP contribution is 2.67. The first-order valence-electron chi connectivity index (χ1n) is 18.6. The van der Waals surface area contributed by atoms with Gasteiger partial charge in [0, 0.05) is 12.8 Å². The molecule has 0 saturated heterocycles. The standard InChI is InChI=1S/C39H68O2/c1-7-8-9-10-11-12-13-14-15-19-37(40)41-32-24-26-38(5)31(28-32)20-21-33-35-23-22-34(30(4)18-16-17-29(2)3)39(35,6)27-25-36(33)38/h20,29-30,32-36H,7-19,21-28H2,1-6H3/t30?,32?,33?,34?,35?,36?,38-,39+/m0/s1. The van der Waals surface area contributed by atoms with Crippen molar-refractivity contribution in [1.82, 2.24) is 0 Å². The van der Waals surface area contributed by atoms with Gasteiger partial charge in [0.15, 0.2) is 0 Å². The molecule has 0 aromatic heterocycles. The summed E-state index contributed by atoms with van der Waals surface area (Å²) in [6, 6.07) is 0. The summed E-state index contributed by atoms with van der Waals surface area (Å²) in [7, 11) is 0. The number of ether oxygens (including phenoxy) is 1. The zero-order valence-corrected chi connectivity index (χ0v) is 28.3. The van der Waals surface area contributed by atoms with Gasteiger partial charge in [0.25, 0.3) is 0 Å². The van der Waals surface area contributed by atoms with Crippen molar-refractivity contribution in [2.45, 2.75) is 182 Å². The second-order valence-electron chi connectivity index (χ2n) is 16.2. The zero-order valence-electron chi connectivity index (χ0n) is 28.3. The van der Waals surface area contributed by atoms with Crippen molar-refractivity contribution < 1.29 is 9.53 Å². The Bertz CT molecular complexity index is 843. The Morgan fingerprint density at radius 3 is 2.27 bits per heavy atom. The van der Waals surface area contributed by atoms with Crippen molar-refractivity contribution in [2.75, 3.05) is 0 Å². The summed E-state index contributed by atoms with van der Waals surface area (Å²) >= 11 is 0. The molecule has 4 aliphatic carbocycles. The van der Waals surface area contributed by atoms with Gasteiger partial charge in [-0.1, -0.05) is 124 Å². The summed E-state index contributed by atoms with van der Waals surface area (Å²) in [6.45, 7) is 14.9. The Morgan fingerprint density at radius 2 is 1.56 bits per heavy atom. The summed E-state index contributed by atoms with van der Waals surface area (Å²) in [5.74, 6) is 5.34. The smallest absolute Gasteiger partial charge is 0.306 e. The van der Waals surface area contributed by atoms with Crippen LogP contribution >= 0.6 is 0 Å². The number of esters is 1. The maximum Gasteiger partial charge on any atom is 0.306 e. The molecular formula is C39H68O2. The van der Waals surface area contributed by atoms with Crippen LogP contribution in [0, 0.1) is 46.3 Å². The summed E-state index contributed by atoms with van der Waals surface area (Å²) in [5.41, 5.74) is 2.54. The average Bonchev–Trinajstić information content (AvgIpc) is 3.29. The fourth-order valence-corrected chi connectivity index (χ4v) is 10.6. The van der Waals surface area contributed by atoms with Gasteiger partial charge in [-0.15, -0.1) is 0 Å². The lowest BCUT2D eigenvalue weighted by molar-refractivity contribution is -0.151. The number of rotatable bonds is 16. The lowest BCUT2D eigenvalue weighted by Crippen LogP contribution is -2.51. The first kappa shape index (κ1) is 33.1. The Hall–Kier alpha value is -0.790. The minimum atomic E-state index is 0.0591. The van der Waals surface area contributed by atoms with Gasteiger partial charge >= 0.3 is 5.97 Å². The maximum absolute atomic E-state index is 12.7. The third-order valence-electron chi connectivity index (χ3n) is 13.0. The molecule has 0 spiro atoms. The molecule has 3 fully saturated rings. The van der Waals surface area contributed by atoms with Crippen LogP contribution in [-0.2, 0) is 9.53 Å². The molecule has 4 rings (SSSR count). The molecule has 3 saturated carbocycles. The van der Waals surface area contributed by atoms with E-state index >= 15 is 0 Å². The quantitative estimate of drug-likeness (QED) is 0.105. The van der Waals surface area contributed by atoms with Crippen molar-refractivity contribution in [1.29, 1.82) is 0 Å². The molecule has 8 atom stereocenters. The Morgan fingerprint density at radius 1 is 0.854 bits per heavy atom. The molecule has 0 heterocycles. The molecule has 2 nitrogen and oxygen atoms in total. The minimum Gasteiger partial charge on any atom is -0.462 e. The Kier molecular flexibility index (Phi) is 12.3. The molecule has 41 heavy (non-hydrogen) atoms. The Balaban J connectivity index is 1.24. The van der Waals surface area contributed by atoms with Crippen LogP contribution in [0.25, 0.3) is 0 Å². The highest BCUT2D eigenvalue weighted by Gasteiger charge is 2.59. The summed E-state index contributed by atoms with van der Waals surface area (Å²) in [5, 5.41) is 0. The zero-order chi connectivity index (χ0) is 29.5. The number of hydrogen-bond donors (Lipinski definition) is 0. The number of allylic oxidation sites excluding steroid dienone is 1. The SMILES string of the molecule is CCCCCCCCCCCC(=O)OC1CC[C@@]2(C)C(=CCC3C4CCC(C(C)CCCC(C)C)[C@@]4(C)CCC32)C1. The molecule has 0 N–H and O–H groups in total. The van der Waals surface area contributed by atoms with Crippen molar-refractivity contribution >= 4 is 5.97 Å². The predicted octanol–water partition coefficient (Wildman–Crippen LogP) is 11.9. The van der Waals surface area contributed by atoms with E-state index in [1.165, 1.54) is 109 Å². The van der Waals surface area contributed by atoms with Gasteiger partial charge in [-0.25, -0.2) is 0 Å². The van der Waals surface area contributed by atoms with Crippen LogP contribution in [-0.4, -0.2) is 12.1 Å². The maximum atomic E-state index is 12.7. The van der Waals surface area contributed by atoms with E-state index in [1.54, 1.807) is 5.57 Å². The highest BCUT2D eigenvalue weighted by atomic mass is 16.5. The number of carbonyl (C=O) groups is 1. The van der Waals surface area contributed by atoms with Crippen molar-refractivity contribution in [3.63, 3.8) is 0 Å². The molecular weight excluding hydrogens is 500 g/mol. The molecule has 0 radical (unpaired) electrons. The Labute approximate surface area is 255 Å². The number of fused-ring (bicyclic) bond motifs is 5. The van der Waals surface area contributed by atoms with E-state index in [-0.39, 0.29) is 12.1 Å². The second kappa shape index (κ2) is 15.3. The molecule has 2 heteroatoms. The monoisotopic (exact) mass is 569 g/mol.